The topological polar surface area (TPSA) is 62.7 Å². The number of nitrogens with zero attached hydrogens (tertiary/aromatic N) is 2. The van der Waals surface area contributed by atoms with Gasteiger partial charge in [0.1, 0.15) is 5.69 Å². The number of carbonyl (C=O) groups excluding carboxylic acids is 1. The highest BCUT2D eigenvalue weighted by Gasteiger charge is 2.23. The Kier molecular flexibility index (Phi) is 6.02. The van der Waals surface area contributed by atoms with Gasteiger partial charge in [-0.3, -0.25) is 4.79 Å². The minimum Gasteiger partial charge on any atom is -0.472 e. The van der Waals surface area contributed by atoms with Gasteiger partial charge in [0, 0.05) is 19.2 Å². The van der Waals surface area contributed by atoms with Crippen LogP contribution in [0.4, 0.5) is 8.78 Å². The Morgan fingerprint density at radius 3 is 2.67 bits per heavy atom. The van der Waals surface area contributed by atoms with Gasteiger partial charge >= 0.3 is 0 Å². The molecule has 0 radical (unpaired) electrons. The summed E-state index contributed by atoms with van der Waals surface area (Å²) >= 11 is 0. The van der Waals surface area contributed by atoms with Crippen molar-refractivity contribution in [2.75, 3.05) is 19.7 Å². The van der Waals surface area contributed by atoms with Gasteiger partial charge in [0.2, 0.25) is 5.88 Å². The number of pyridine rings is 1. The van der Waals surface area contributed by atoms with Crippen molar-refractivity contribution in [3.8, 4) is 5.88 Å². The smallest absolute Gasteiger partial charge is 0.272 e. The molecule has 7 heteroatoms. The van der Waals surface area contributed by atoms with Gasteiger partial charge in [-0.25, -0.2) is 13.8 Å². The van der Waals surface area contributed by atoms with Crippen LogP contribution < -0.4 is 4.74 Å². The molecule has 0 aromatic carbocycles. The Labute approximate surface area is 122 Å². The highest BCUT2D eigenvalue weighted by atomic mass is 19.3. The average molecular weight is 302 g/mol. The highest BCUT2D eigenvalue weighted by Crippen LogP contribution is 2.13. The summed E-state index contributed by atoms with van der Waals surface area (Å²) in [6.07, 6.45) is -2.60. The number of likely N-dealkylation sites (N-methyl/N-ethyl adjacent to an activating group) is 1. The first-order chi connectivity index (χ1) is 9.73. The molecule has 0 spiro atoms. The number of halogens is 2. The van der Waals surface area contributed by atoms with Crippen molar-refractivity contribution in [3.05, 3.63) is 23.9 Å². The Hall–Kier alpha value is -1.76. The van der Waals surface area contributed by atoms with Crippen molar-refractivity contribution in [2.24, 2.45) is 0 Å². The summed E-state index contributed by atoms with van der Waals surface area (Å²) in [5, 5.41) is 9.79. The summed E-state index contributed by atoms with van der Waals surface area (Å²) in [5.74, 6) is -0.414. The SMILES string of the molecule is CCN(CC(C)(C)O)C(=O)c1cccc(OCC(F)F)n1. The lowest BCUT2D eigenvalue weighted by atomic mass is 10.1. The van der Waals surface area contributed by atoms with Gasteiger partial charge in [-0.2, -0.15) is 0 Å². The maximum absolute atomic E-state index is 12.3. The number of hydrogen-bond acceptors (Lipinski definition) is 4. The van der Waals surface area contributed by atoms with Crippen molar-refractivity contribution in [1.82, 2.24) is 9.88 Å². The molecule has 0 fully saturated rings. The molecule has 0 aliphatic carbocycles. The third kappa shape index (κ3) is 6.03. The lowest BCUT2D eigenvalue weighted by molar-refractivity contribution is 0.0310. The molecular weight excluding hydrogens is 282 g/mol. The van der Waals surface area contributed by atoms with E-state index in [1.165, 1.54) is 23.1 Å². The predicted molar refractivity (Wildman–Crippen MR) is 73.6 cm³/mol. The van der Waals surface area contributed by atoms with E-state index in [9.17, 15) is 18.7 Å². The van der Waals surface area contributed by atoms with E-state index in [2.05, 4.69) is 4.98 Å². The Morgan fingerprint density at radius 1 is 1.48 bits per heavy atom. The Morgan fingerprint density at radius 2 is 2.14 bits per heavy atom. The summed E-state index contributed by atoms with van der Waals surface area (Å²) in [7, 11) is 0. The number of alkyl halides is 2. The molecule has 1 aromatic rings. The number of aliphatic hydroxyl groups is 1. The number of hydrogen-bond donors (Lipinski definition) is 1. The van der Waals surface area contributed by atoms with Crippen LogP contribution in [-0.4, -0.2) is 52.6 Å². The molecular formula is C14H20F2N2O3. The molecule has 0 aliphatic heterocycles. The molecule has 0 saturated heterocycles. The summed E-state index contributed by atoms with van der Waals surface area (Å²) in [6, 6.07) is 4.40. The quantitative estimate of drug-likeness (QED) is 0.836. The van der Waals surface area contributed by atoms with E-state index < -0.39 is 18.6 Å². The molecule has 1 rings (SSSR count). The normalized spacial score (nSPS) is 11.6. The number of ether oxygens (including phenoxy) is 1. The van der Waals surface area contributed by atoms with Crippen molar-refractivity contribution in [3.63, 3.8) is 0 Å². The number of aromatic nitrogens is 1. The van der Waals surface area contributed by atoms with Crippen LogP contribution in [0.5, 0.6) is 5.88 Å². The molecule has 1 amide bonds. The summed E-state index contributed by atoms with van der Waals surface area (Å²) < 4.78 is 29.0. The van der Waals surface area contributed by atoms with Crippen LogP contribution in [-0.2, 0) is 0 Å². The first kappa shape index (κ1) is 17.3. The standard InChI is InChI=1S/C14H20F2N2O3/c1-4-18(9-14(2,3)20)13(19)10-6-5-7-12(17-10)21-8-11(15)16/h5-7,11,20H,4,8-9H2,1-3H3. The second kappa shape index (κ2) is 7.31. The molecule has 0 bridgehead atoms. The lowest BCUT2D eigenvalue weighted by Gasteiger charge is -2.27. The summed E-state index contributed by atoms with van der Waals surface area (Å²) in [6.45, 7) is 4.74. The average Bonchev–Trinajstić information content (AvgIpc) is 2.41. The van der Waals surface area contributed by atoms with E-state index >= 15 is 0 Å². The molecule has 0 saturated carbocycles. The third-order valence-corrected chi connectivity index (χ3v) is 2.55. The van der Waals surface area contributed by atoms with Crippen LogP contribution in [0.25, 0.3) is 0 Å². The molecule has 118 valence electrons. The van der Waals surface area contributed by atoms with E-state index in [-0.39, 0.29) is 24.0 Å². The van der Waals surface area contributed by atoms with Crippen molar-refractivity contribution >= 4 is 5.91 Å². The number of carbonyl (C=O) groups is 1. The minimum absolute atomic E-state index is 0.0274. The Bertz CT molecular complexity index is 476. The first-order valence-corrected chi connectivity index (χ1v) is 6.62. The van der Waals surface area contributed by atoms with Crippen LogP contribution in [0.2, 0.25) is 0 Å². The molecule has 1 aromatic heterocycles. The van der Waals surface area contributed by atoms with Gasteiger partial charge in [-0.05, 0) is 26.8 Å². The molecule has 21 heavy (non-hydrogen) atoms. The number of amides is 1. The van der Waals surface area contributed by atoms with E-state index in [0.717, 1.165) is 0 Å². The molecule has 0 unspecified atom stereocenters. The fourth-order valence-electron chi connectivity index (χ4n) is 1.72. The van der Waals surface area contributed by atoms with Gasteiger partial charge in [-0.15, -0.1) is 0 Å². The fourth-order valence-corrected chi connectivity index (χ4v) is 1.72. The maximum Gasteiger partial charge on any atom is 0.272 e. The van der Waals surface area contributed by atoms with Crippen LogP contribution in [0, 0.1) is 0 Å². The van der Waals surface area contributed by atoms with E-state index in [4.69, 9.17) is 4.74 Å². The maximum atomic E-state index is 12.3. The molecule has 0 aliphatic rings. The van der Waals surface area contributed by atoms with Crippen molar-refractivity contribution in [2.45, 2.75) is 32.8 Å². The zero-order chi connectivity index (χ0) is 16.0. The van der Waals surface area contributed by atoms with Crippen molar-refractivity contribution in [1.29, 1.82) is 0 Å². The van der Waals surface area contributed by atoms with Crippen LogP contribution in [0.15, 0.2) is 18.2 Å². The summed E-state index contributed by atoms with van der Waals surface area (Å²) in [5.41, 5.74) is -0.942. The zero-order valence-electron chi connectivity index (χ0n) is 12.3. The van der Waals surface area contributed by atoms with Crippen LogP contribution >= 0.6 is 0 Å². The van der Waals surface area contributed by atoms with E-state index in [1.807, 2.05) is 0 Å². The Balaban J connectivity index is 2.83. The third-order valence-electron chi connectivity index (χ3n) is 2.55. The second-order valence-corrected chi connectivity index (χ2v) is 5.19. The number of rotatable bonds is 7. The van der Waals surface area contributed by atoms with Gasteiger partial charge < -0.3 is 14.7 Å². The van der Waals surface area contributed by atoms with Gasteiger partial charge in [0.25, 0.3) is 12.3 Å². The highest BCUT2D eigenvalue weighted by molar-refractivity contribution is 5.92. The first-order valence-electron chi connectivity index (χ1n) is 6.62. The molecule has 5 nitrogen and oxygen atoms in total. The van der Waals surface area contributed by atoms with Crippen molar-refractivity contribution < 1.29 is 23.4 Å². The van der Waals surface area contributed by atoms with Gasteiger partial charge in [0.15, 0.2) is 6.61 Å². The second-order valence-electron chi connectivity index (χ2n) is 5.19. The lowest BCUT2D eigenvalue weighted by Crippen LogP contribution is -2.42. The fraction of sp³-hybridized carbons (Fsp3) is 0.571. The minimum atomic E-state index is -2.60. The molecule has 0 atom stereocenters. The molecule has 1 heterocycles. The van der Waals surface area contributed by atoms with Gasteiger partial charge in [-0.1, -0.05) is 6.07 Å². The van der Waals surface area contributed by atoms with Crippen LogP contribution in [0.1, 0.15) is 31.3 Å². The van der Waals surface area contributed by atoms with E-state index in [1.54, 1.807) is 20.8 Å². The van der Waals surface area contributed by atoms with Gasteiger partial charge in [0.05, 0.1) is 5.60 Å². The molecule has 1 N–H and O–H groups in total. The zero-order valence-corrected chi connectivity index (χ0v) is 12.3. The largest absolute Gasteiger partial charge is 0.472 e. The monoisotopic (exact) mass is 302 g/mol. The van der Waals surface area contributed by atoms with E-state index in [0.29, 0.717) is 6.54 Å². The van der Waals surface area contributed by atoms with Crippen LogP contribution in [0.3, 0.4) is 0 Å². The summed E-state index contributed by atoms with van der Waals surface area (Å²) in [4.78, 5) is 17.6. The predicted octanol–water partition coefficient (Wildman–Crippen LogP) is 1.96.